The summed E-state index contributed by atoms with van der Waals surface area (Å²) in [5.74, 6) is -1.95. The number of benzene rings is 1. The largest absolute Gasteiger partial charge is 0.481 e. The van der Waals surface area contributed by atoms with Crippen LogP contribution in [0.4, 0.5) is 0 Å². The molecule has 0 bridgehead atoms. The first-order chi connectivity index (χ1) is 11.0. The summed E-state index contributed by atoms with van der Waals surface area (Å²) in [5.41, 5.74) is 1.59. The lowest BCUT2D eigenvalue weighted by molar-refractivity contribution is -0.136. The van der Waals surface area contributed by atoms with E-state index in [4.69, 9.17) is 5.11 Å². The Morgan fingerprint density at radius 3 is 2.52 bits per heavy atom. The minimum Gasteiger partial charge on any atom is -0.481 e. The number of carboxylic acid groups (broad SMARTS) is 1. The zero-order valence-corrected chi connectivity index (χ0v) is 13.2. The number of Topliss-reactive ketones (excluding diaryl/α,β-unsaturated/α-hetero) is 2. The van der Waals surface area contributed by atoms with Crippen LogP contribution in [0.15, 0.2) is 35.3 Å². The molecule has 0 aromatic heterocycles. The first-order valence-electron chi connectivity index (χ1n) is 7.88. The molecule has 1 saturated carbocycles. The van der Waals surface area contributed by atoms with Crippen molar-refractivity contribution < 1.29 is 19.5 Å². The van der Waals surface area contributed by atoms with Crippen LogP contribution in [0.25, 0.3) is 0 Å². The van der Waals surface area contributed by atoms with E-state index in [9.17, 15) is 14.4 Å². The summed E-state index contributed by atoms with van der Waals surface area (Å²) in [6.45, 7) is 1.83. The van der Waals surface area contributed by atoms with E-state index in [1.54, 1.807) is 6.92 Å². The fraction of sp³-hybridized carbons (Fsp3) is 0.444. The predicted octanol–water partition coefficient (Wildman–Crippen LogP) is 2.64. The molecule has 122 valence electrons. The SMILES string of the molecule is CCC(=O)[C@@H]1C(=O)C[C@@H](c2ccccc2)CC1=NCCC(=O)O. The van der Waals surface area contributed by atoms with Crippen LogP contribution in [0.1, 0.15) is 44.1 Å². The van der Waals surface area contributed by atoms with E-state index >= 15 is 0 Å². The summed E-state index contributed by atoms with van der Waals surface area (Å²) in [4.78, 5) is 39.5. The van der Waals surface area contributed by atoms with E-state index in [-0.39, 0.29) is 36.9 Å². The summed E-state index contributed by atoms with van der Waals surface area (Å²) in [6, 6.07) is 9.69. The molecule has 1 fully saturated rings. The second-order valence-corrected chi connectivity index (χ2v) is 5.75. The zero-order valence-electron chi connectivity index (χ0n) is 13.2. The lowest BCUT2D eigenvalue weighted by Gasteiger charge is -2.28. The molecule has 0 unspecified atom stereocenters. The molecule has 0 aliphatic heterocycles. The van der Waals surface area contributed by atoms with E-state index in [1.807, 2.05) is 30.3 Å². The van der Waals surface area contributed by atoms with Gasteiger partial charge in [0, 0.05) is 25.1 Å². The molecule has 0 amide bonds. The Balaban J connectivity index is 2.24. The average Bonchev–Trinajstić information content (AvgIpc) is 2.54. The summed E-state index contributed by atoms with van der Waals surface area (Å²) in [5, 5.41) is 8.74. The van der Waals surface area contributed by atoms with E-state index in [0.717, 1.165) is 5.56 Å². The van der Waals surface area contributed by atoms with Crippen LogP contribution in [0.2, 0.25) is 0 Å². The van der Waals surface area contributed by atoms with Gasteiger partial charge in [-0.15, -0.1) is 0 Å². The maximum atomic E-state index is 12.5. The third-order valence-corrected chi connectivity index (χ3v) is 4.14. The Kier molecular flexibility index (Phi) is 5.79. The van der Waals surface area contributed by atoms with E-state index in [0.29, 0.717) is 18.6 Å². The monoisotopic (exact) mass is 315 g/mol. The van der Waals surface area contributed by atoms with Gasteiger partial charge < -0.3 is 5.11 Å². The molecule has 1 aliphatic carbocycles. The fourth-order valence-corrected chi connectivity index (χ4v) is 2.97. The van der Waals surface area contributed by atoms with Crippen molar-refractivity contribution in [1.29, 1.82) is 0 Å². The molecular weight excluding hydrogens is 294 g/mol. The second kappa shape index (κ2) is 7.81. The van der Waals surface area contributed by atoms with Gasteiger partial charge in [0.2, 0.25) is 0 Å². The molecule has 1 N–H and O–H groups in total. The maximum Gasteiger partial charge on any atom is 0.305 e. The molecule has 0 heterocycles. The topological polar surface area (TPSA) is 83.8 Å². The number of hydrogen-bond donors (Lipinski definition) is 1. The second-order valence-electron chi connectivity index (χ2n) is 5.75. The maximum absolute atomic E-state index is 12.5. The summed E-state index contributed by atoms with van der Waals surface area (Å²) in [6.07, 6.45) is 1.05. The van der Waals surface area contributed by atoms with Crippen LogP contribution in [0.5, 0.6) is 0 Å². The van der Waals surface area contributed by atoms with Gasteiger partial charge in [-0.1, -0.05) is 37.3 Å². The summed E-state index contributed by atoms with van der Waals surface area (Å²) in [7, 11) is 0. The average molecular weight is 315 g/mol. The van der Waals surface area contributed by atoms with Gasteiger partial charge in [-0.25, -0.2) is 0 Å². The van der Waals surface area contributed by atoms with Crippen LogP contribution >= 0.6 is 0 Å². The molecule has 5 heteroatoms. The number of rotatable bonds is 6. The molecule has 1 aliphatic rings. The van der Waals surface area contributed by atoms with Crippen molar-refractivity contribution in [3.63, 3.8) is 0 Å². The normalized spacial score (nSPS) is 23.0. The number of carbonyl (C=O) groups is 3. The van der Waals surface area contributed by atoms with Gasteiger partial charge in [-0.2, -0.15) is 0 Å². The smallest absolute Gasteiger partial charge is 0.305 e. The van der Waals surface area contributed by atoms with Crippen LogP contribution < -0.4 is 0 Å². The van der Waals surface area contributed by atoms with Gasteiger partial charge in [-0.05, 0) is 17.9 Å². The van der Waals surface area contributed by atoms with E-state index in [2.05, 4.69) is 4.99 Å². The number of aliphatic carboxylic acids is 1. The molecule has 2 rings (SSSR count). The predicted molar refractivity (Wildman–Crippen MR) is 86.8 cm³/mol. The minimum atomic E-state index is -0.936. The Morgan fingerprint density at radius 1 is 1.22 bits per heavy atom. The van der Waals surface area contributed by atoms with Crippen LogP contribution in [-0.4, -0.2) is 34.9 Å². The quantitative estimate of drug-likeness (QED) is 0.818. The third-order valence-electron chi connectivity index (χ3n) is 4.14. The lowest BCUT2D eigenvalue weighted by atomic mass is 9.74. The Hall–Kier alpha value is -2.30. The van der Waals surface area contributed by atoms with Crippen molar-refractivity contribution in [3.05, 3.63) is 35.9 Å². The number of nitrogens with zero attached hydrogens (tertiary/aromatic N) is 1. The van der Waals surface area contributed by atoms with Gasteiger partial charge >= 0.3 is 5.97 Å². The van der Waals surface area contributed by atoms with Crippen molar-refractivity contribution in [2.45, 2.75) is 38.5 Å². The standard InChI is InChI=1S/C18H21NO4/c1-2-15(20)18-14(19-9-8-17(22)23)10-13(11-16(18)21)12-6-4-3-5-7-12/h3-7,13,18H,2,8-11H2,1H3,(H,22,23)/t13-,18+/m0/s1. The fourth-order valence-electron chi connectivity index (χ4n) is 2.97. The Morgan fingerprint density at radius 2 is 1.91 bits per heavy atom. The summed E-state index contributed by atoms with van der Waals surface area (Å²) >= 11 is 0. The lowest BCUT2D eigenvalue weighted by Crippen LogP contribution is -2.38. The Labute approximate surface area is 135 Å². The van der Waals surface area contributed by atoms with Crippen molar-refractivity contribution in [1.82, 2.24) is 0 Å². The van der Waals surface area contributed by atoms with Gasteiger partial charge in [0.25, 0.3) is 0 Å². The van der Waals surface area contributed by atoms with Crippen LogP contribution in [0, 0.1) is 5.92 Å². The molecule has 0 spiro atoms. The number of ketones is 2. The summed E-state index contributed by atoms with van der Waals surface area (Å²) < 4.78 is 0. The molecule has 5 nitrogen and oxygen atoms in total. The van der Waals surface area contributed by atoms with Crippen LogP contribution in [-0.2, 0) is 14.4 Å². The van der Waals surface area contributed by atoms with Crippen molar-refractivity contribution >= 4 is 23.2 Å². The van der Waals surface area contributed by atoms with Crippen molar-refractivity contribution in [3.8, 4) is 0 Å². The first-order valence-corrected chi connectivity index (χ1v) is 7.88. The number of carboxylic acids is 1. The molecular formula is C18H21NO4. The Bertz CT molecular complexity index is 621. The first kappa shape index (κ1) is 17.1. The highest BCUT2D eigenvalue weighted by Crippen LogP contribution is 2.33. The highest BCUT2D eigenvalue weighted by molar-refractivity contribution is 6.22. The van der Waals surface area contributed by atoms with Gasteiger partial charge in [0.05, 0.1) is 6.42 Å². The van der Waals surface area contributed by atoms with Crippen molar-refractivity contribution in [2.24, 2.45) is 10.9 Å². The molecule has 1 aromatic carbocycles. The minimum absolute atomic E-state index is 0.00758. The zero-order chi connectivity index (χ0) is 16.8. The molecule has 1 aromatic rings. The highest BCUT2D eigenvalue weighted by Gasteiger charge is 2.37. The third kappa shape index (κ3) is 4.34. The number of hydrogen-bond acceptors (Lipinski definition) is 4. The molecule has 2 atom stereocenters. The number of aliphatic imine (C=N–C) groups is 1. The van der Waals surface area contributed by atoms with E-state index < -0.39 is 11.9 Å². The van der Waals surface area contributed by atoms with Gasteiger partial charge in [0.15, 0.2) is 0 Å². The highest BCUT2D eigenvalue weighted by atomic mass is 16.4. The molecule has 23 heavy (non-hydrogen) atoms. The van der Waals surface area contributed by atoms with Gasteiger partial charge in [0.1, 0.15) is 17.5 Å². The van der Waals surface area contributed by atoms with Gasteiger partial charge in [-0.3, -0.25) is 19.4 Å². The van der Waals surface area contributed by atoms with Crippen molar-refractivity contribution in [2.75, 3.05) is 6.54 Å². The molecule has 0 radical (unpaired) electrons. The van der Waals surface area contributed by atoms with Crippen LogP contribution in [0.3, 0.4) is 0 Å². The van der Waals surface area contributed by atoms with E-state index in [1.165, 1.54) is 0 Å². The number of carbonyl (C=O) groups excluding carboxylic acids is 2. The molecule has 0 saturated heterocycles.